The van der Waals surface area contributed by atoms with Crippen molar-refractivity contribution in [3.05, 3.63) is 83.2 Å². The Hall–Kier alpha value is -2.65. The van der Waals surface area contributed by atoms with E-state index in [0.29, 0.717) is 11.3 Å². The third-order valence-corrected chi connectivity index (χ3v) is 4.26. The van der Waals surface area contributed by atoms with Gasteiger partial charge in [0.25, 0.3) is 0 Å². The molecule has 2 N–H and O–H groups in total. The van der Waals surface area contributed by atoms with Crippen molar-refractivity contribution in [2.75, 3.05) is 5.73 Å². The van der Waals surface area contributed by atoms with Crippen molar-refractivity contribution < 1.29 is 4.79 Å². The second-order valence-corrected chi connectivity index (χ2v) is 5.87. The van der Waals surface area contributed by atoms with Gasteiger partial charge >= 0.3 is 0 Å². The second kappa shape index (κ2) is 6.41. The van der Waals surface area contributed by atoms with Gasteiger partial charge in [-0.2, -0.15) is 0 Å². The van der Waals surface area contributed by atoms with E-state index in [1.165, 1.54) is 10.4 Å². The van der Waals surface area contributed by atoms with Crippen molar-refractivity contribution in [2.45, 2.75) is 0 Å². The minimum Gasteiger partial charge on any atom is -0.399 e. The van der Waals surface area contributed by atoms with Gasteiger partial charge in [-0.15, -0.1) is 11.3 Å². The van der Waals surface area contributed by atoms with Crippen LogP contribution in [0.4, 0.5) is 5.69 Å². The topological polar surface area (TPSA) is 43.1 Å². The lowest BCUT2D eigenvalue weighted by Crippen LogP contribution is -1.94. The molecule has 0 bridgehead atoms. The van der Waals surface area contributed by atoms with Gasteiger partial charge in [0.1, 0.15) is 0 Å². The third-order valence-electron chi connectivity index (χ3n) is 3.34. The highest BCUT2D eigenvalue weighted by Gasteiger charge is 2.01. The van der Waals surface area contributed by atoms with E-state index in [4.69, 9.17) is 5.73 Å². The molecule has 0 fully saturated rings. The van der Waals surface area contributed by atoms with Crippen molar-refractivity contribution in [3.63, 3.8) is 0 Å². The summed E-state index contributed by atoms with van der Waals surface area (Å²) in [5.74, 6) is -0.0256. The molecule has 0 atom stereocenters. The van der Waals surface area contributed by atoms with Gasteiger partial charge < -0.3 is 5.73 Å². The molecule has 0 saturated carbocycles. The lowest BCUT2D eigenvalue weighted by molar-refractivity contribution is 0.104. The van der Waals surface area contributed by atoms with E-state index in [-0.39, 0.29) is 5.78 Å². The summed E-state index contributed by atoms with van der Waals surface area (Å²) >= 11 is 1.72. The molecule has 22 heavy (non-hydrogen) atoms. The van der Waals surface area contributed by atoms with Gasteiger partial charge in [-0.05, 0) is 52.9 Å². The first-order valence-corrected chi connectivity index (χ1v) is 7.82. The van der Waals surface area contributed by atoms with E-state index >= 15 is 0 Å². The van der Waals surface area contributed by atoms with Crippen molar-refractivity contribution in [1.29, 1.82) is 0 Å². The monoisotopic (exact) mass is 305 g/mol. The minimum absolute atomic E-state index is 0.0256. The molecule has 3 rings (SSSR count). The first-order valence-electron chi connectivity index (χ1n) is 6.94. The van der Waals surface area contributed by atoms with Gasteiger partial charge in [-0.3, -0.25) is 4.79 Å². The minimum atomic E-state index is -0.0256. The molecule has 0 aliphatic carbocycles. The molecule has 108 valence electrons. The summed E-state index contributed by atoms with van der Waals surface area (Å²) < 4.78 is 0. The van der Waals surface area contributed by atoms with E-state index in [1.807, 2.05) is 24.3 Å². The van der Waals surface area contributed by atoms with Crippen LogP contribution in [-0.2, 0) is 0 Å². The second-order valence-electron chi connectivity index (χ2n) is 4.92. The third kappa shape index (κ3) is 3.32. The summed E-state index contributed by atoms with van der Waals surface area (Å²) in [6.07, 6.45) is 3.42. The number of benzene rings is 2. The predicted molar refractivity (Wildman–Crippen MR) is 94.0 cm³/mol. The number of allylic oxidation sites excluding steroid dienone is 1. The quantitative estimate of drug-likeness (QED) is 0.423. The van der Waals surface area contributed by atoms with Crippen LogP contribution in [0.25, 0.3) is 16.5 Å². The van der Waals surface area contributed by atoms with Gasteiger partial charge in [-0.25, -0.2) is 0 Å². The van der Waals surface area contributed by atoms with Gasteiger partial charge in [0.2, 0.25) is 0 Å². The standard InChI is InChI=1S/C19H15NOS/c20-17-10-8-15(9-11-17)18(21)12-5-14-3-6-16(7-4-14)19-2-1-13-22-19/h1-13H,20H2/b12-5+. The van der Waals surface area contributed by atoms with Gasteiger partial charge in [0, 0.05) is 16.1 Å². The summed E-state index contributed by atoms with van der Waals surface area (Å²) in [5.41, 5.74) is 9.11. The van der Waals surface area contributed by atoms with Crippen LogP contribution >= 0.6 is 11.3 Å². The highest BCUT2D eigenvalue weighted by atomic mass is 32.1. The summed E-state index contributed by atoms with van der Waals surface area (Å²) in [4.78, 5) is 13.3. The Bertz CT molecular complexity index is 784. The fourth-order valence-corrected chi connectivity index (χ4v) is 2.85. The number of anilines is 1. The maximum atomic E-state index is 12.1. The Labute approximate surface area is 133 Å². The zero-order chi connectivity index (χ0) is 15.4. The number of carbonyl (C=O) groups excluding carboxylic acids is 1. The number of thiophene rings is 1. The first kappa shape index (κ1) is 14.3. The van der Waals surface area contributed by atoms with Crippen molar-refractivity contribution in [2.24, 2.45) is 0 Å². The molecular formula is C19H15NOS. The molecule has 0 aliphatic heterocycles. The summed E-state index contributed by atoms with van der Waals surface area (Å²) in [7, 11) is 0. The Morgan fingerprint density at radius 3 is 2.32 bits per heavy atom. The molecule has 0 aliphatic rings. The van der Waals surface area contributed by atoms with Gasteiger partial charge in [0.05, 0.1) is 0 Å². The number of nitrogens with two attached hydrogens (primary N) is 1. The molecule has 3 heteroatoms. The highest BCUT2D eigenvalue weighted by molar-refractivity contribution is 7.13. The highest BCUT2D eigenvalue weighted by Crippen LogP contribution is 2.24. The Kier molecular flexibility index (Phi) is 4.17. The van der Waals surface area contributed by atoms with Gasteiger partial charge in [0.15, 0.2) is 5.78 Å². The van der Waals surface area contributed by atoms with Crippen LogP contribution in [0.15, 0.2) is 72.1 Å². The van der Waals surface area contributed by atoms with Crippen LogP contribution in [0.5, 0.6) is 0 Å². The normalized spacial score (nSPS) is 10.9. The largest absolute Gasteiger partial charge is 0.399 e. The van der Waals surface area contributed by atoms with Crippen molar-refractivity contribution in [1.82, 2.24) is 0 Å². The Balaban J connectivity index is 1.72. The van der Waals surface area contributed by atoms with E-state index < -0.39 is 0 Å². The fraction of sp³-hybridized carbons (Fsp3) is 0. The number of rotatable bonds is 4. The van der Waals surface area contributed by atoms with E-state index in [2.05, 4.69) is 23.6 Å². The maximum absolute atomic E-state index is 12.1. The van der Waals surface area contributed by atoms with Crippen LogP contribution in [0, 0.1) is 0 Å². The summed E-state index contributed by atoms with van der Waals surface area (Å²) in [6, 6.07) is 19.2. The van der Waals surface area contributed by atoms with E-state index in [1.54, 1.807) is 41.7 Å². The molecule has 0 amide bonds. The Morgan fingerprint density at radius 1 is 0.955 bits per heavy atom. The zero-order valence-electron chi connectivity index (χ0n) is 11.9. The van der Waals surface area contributed by atoms with E-state index in [0.717, 1.165) is 5.56 Å². The van der Waals surface area contributed by atoms with Crippen LogP contribution in [0.2, 0.25) is 0 Å². The summed E-state index contributed by atoms with van der Waals surface area (Å²) in [5, 5.41) is 2.06. The SMILES string of the molecule is Nc1ccc(C(=O)/C=C/c2ccc(-c3cccs3)cc2)cc1. The molecule has 1 heterocycles. The van der Waals surface area contributed by atoms with Crippen LogP contribution in [0.1, 0.15) is 15.9 Å². The summed E-state index contributed by atoms with van der Waals surface area (Å²) in [6.45, 7) is 0. The first-order chi connectivity index (χ1) is 10.7. The van der Waals surface area contributed by atoms with E-state index in [9.17, 15) is 4.79 Å². The lowest BCUT2D eigenvalue weighted by atomic mass is 10.1. The number of hydrogen-bond donors (Lipinski definition) is 1. The Morgan fingerprint density at radius 2 is 1.68 bits per heavy atom. The molecular weight excluding hydrogens is 290 g/mol. The molecule has 0 saturated heterocycles. The fourth-order valence-electron chi connectivity index (χ4n) is 2.12. The maximum Gasteiger partial charge on any atom is 0.185 e. The molecule has 2 nitrogen and oxygen atoms in total. The molecule has 3 aromatic rings. The number of carbonyl (C=O) groups is 1. The average Bonchev–Trinajstić information content (AvgIpc) is 3.08. The predicted octanol–water partition coefficient (Wildman–Crippen LogP) is 4.89. The number of hydrogen-bond acceptors (Lipinski definition) is 3. The van der Waals surface area contributed by atoms with Crippen LogP contribution in [-0.4, -0.2) is 5.78 Å². The van der Waals surface area contributed by atoms with Crippen LogP contribution < -0.4 is 5.73 Å². The molecule has 0 unspecified atom stereocenters. The van der Waals surface area contributed by atoms with Gasteiger partial charge in [-0.1, -0.05) is 36.4 Å². The molecule has 1 aromatic heterocycles. The smallest absolute Gasteiger partial charge is 0.185 e. The zero-order valence-corrected chi connectivity index (χ0v) is 12.7. The average molecular weight is 305 g/mol. The van der Waals surface area contributed by atoms with Crippen molar-refractivity contribution >= 4 is 28.9 Å². The number of ketones is 1. The van der Waals surface area contributed by atoms with Crippen LogP contribution in [0.3, 0.4) is 0 Å². The molecule has 0 radical (unpaired) electrons. The number of nitrogen functional groups attached to an aromatic ring is 1. The van der Waals surface area contributed by atoms with Crippen molar-refractivity contribution in [3.8, 4) is 10.4 Å². The molecule has 2 aromatic carbocycles. The lowest BCUT2D eigenvalue weighted by Gasteiger charge is -1.99. The molecule has 0 spiro atoms.